The molecule has 0 saturated carbocycles. The van der Waals surface area contributed by atoms with Crippen LogP contribution in [0.3, 0.4) is 0 Å². The molecule has 0 aliphatic heterocycles. The molecule has 0 aliphatic carbocycles. The van der Waals surface area contributed by atoms with Gasteiger partial charge in [-0.2, -0.15) is 0 Å². The Morgan fingerprint density at radius 3 is 2.33 bits per heavy atom. The summed E-state index contributed by atoms with van der Waals surface area (Å²) < 4.78 is 35.4. The summed E-state index contributed by atoms with van der Waals surface area (Å²) in [6.07, 6.45) is 3.96. The van der Waals surface area contributed by atoms with Gasteiger partial charge < -0.3 is 12.9 Å². The van der Waals surface area contributed by atoms with E-state index < -0.39 is 6.98 Å². The Morgan fingerprint density at radius 2 is 1.80 bits per heavy atom. The monoisotopic (exact) mass is 239 g/mol. The van der Waals surface area contributed by atoms with Gasteiger partial charge in [-0.05, 0) is 11.6 Å². The molecule has 0 bridgehead atoms. The van der Waals surface area contributed by atoms with Crippen LogP contribution in [0.15, 0.2) is 24.4 Å². The summed E-state index contributed by atoms with van der Waals surface area (Å²) in [6.45, 7) is -4.94. The fraction of sp³-hybridized carbons (Fsp3) is 0. The van der Waals surface area contributed by atoms with Crippen molar-refractivity contribution in [1.29, 1.82) is 0 Å². The third-order valence-corrected chi connectivity index (χ3v) is 1.42. The molecule has 1 aromatic rings. The van der Waals surface area contributed by atoms with Crippen molar-refractivity contribution in [3.63, 3.8) is 0 Å². The number of halogens is 3. The topological polar surface area (TPSA) is 30.0 Å². The third kappa shape index (κ3) is 6.26. The van der Waals surface area contributed by atoms with Gasteiger partial charge >= 0.3 is 58.4 Å². The fourth-order valence-corrected chi connectivity index (χ4v) is 0.852. The number of aromatic nitrogens is 1. The van der Waals surface area contributed by atoms with Gasteiger partial charge in [0.05, 0.1) is 0 Å². The van der Waals surface area contributed by atoms with Crippen LogP contribution in [0.1, 0.15) is 15.9 Å². The van der Waals surface area contributed by atoms with Gasteiger partial charge in [-0.25, -0.2) is 0 Å². The van der Waals surface area contributed by atoms with E-state index in [1.54, 1.807) is 0 Å². The third-order valence-electron chi connectivity index (χ3n) is 1.42. The minimum Gasteiger partial charge on any atom is -0.445 e. The van der Waals surface area contributed by atoms with Crippen molar-refractivity contribution in [2.45, 2.75) is 0 Å². The Balaban J connectivity index is 0.00000196. The summed E-state index contributed by atoms with van der Waals surface area (Å²) in [5.41, 5.74) is 0.510. The summed E-state index contributed by atoms with van der Waals surface area (Å²) in [7, 11) is 0. The molecule has 0 aliphatic rings. The van der Waals surface area contributed by atoms with Gasteiger partial charge in [0.2, 0.25) is 0 Å². The molecule has 2 nitrogen and oxygen atoms in total. The Kier molecular flexibility index (Phi) is 6.62. The normalized spacial score (nSPS) is 11.1. The molecule has 0 unspecified atom stereocenters. The first-order chi connectivity index (χ1) is 6.51. The second kappa shape index (κ2) is 6.59. The predicted molar refractivity (Wildman–Crippen MR) is 47.7 cm³/mol. The van der Waals surface area contributed by atoms with Crippen molar-refractivity contribution in [3.8, 4) is 0 Å². The van der Waals surface area contributed by atoms with Crippen LogP contribution in [0.5, 0.6) is 0 Å². The van der Waals surface area contributed by atoms with Crippen molar-refractivity contribution < 1.29 is 69.1 Å². The van der Waals surface area contributed by atoms with E-state index in [0.717, 1.165) is 6.08 Å². The van der Waals surface area contributed by atoms with Crippen molar-refractivity contribution in [2.75, 3.05) is 0 Å². The summed E-state index contributed by atoms with van der Waals surface area (Å²) >= 11 is 0. The summed E-state index contributed by atoms with van der Waals surface area (Å²) in [6, 6.07) is 1.33. The molecule has 74 valence electrons. The van der Waals surface area contributed by atoms with Crippen LogP contribution in [-0.2, 0) is 0 Å². The smallest absolute Gasteiger partial charge is 0.445 e. The van der Waals surface area contributed by atoms with Crippen molar-refractivity contribution in [2.24, 2.45) is 0 Å². The first-order valence-corrected chi connectivity index (χ1v) is 3.81. The summed E-state index contributed by atoms with van der Waals surface area (Å²) in [5.74, 6) is 0.158. The molecule has 1 rings (SSSR count). The number of nitrogens with zero attached hydrogens (tertiary/aromatic N) is 1. The van der Waals surface area contributed by atoms with Crippen LogP contribution in [-0.4, -0.2) is 18.2 Å². The molecular formula is C8H6BF3KNO. The van der Waals surface area contributed by atoms with Gasteiger partial charge in [-0.1, -0.05) is 6.08 Å². The molecule has 15 heavy (non-hydrogen) atoms. The van der Waals surface area contributed by atoms with Gasteiger partial charge in [0.15, 0.2) is 6.29 Å². The van der Waals surface area contributed by atoms with E-state index in [0.29, 0.717) is 6.29 Å². The van der Waals surface area contributed by atoms with Crippen molar-refractivity contribution in [1.82, 2.24) is 4.98 Å². The van der Waals surface area contributed by atoms with Gasteiger partial charge in [-0.3, -0.25) is 9.78 Å². The molecular weight excluding hydrogens is 233 g/mol. The van der Waals surface area contributed by atoms with E-state index in [-0.39, 0.29) is 68.5 Å². The number of carbonyl (C=O) groups excluding carboxylic acids is 1. The van der Waals surface area contributed by atoms with E-state index in [2.05, 4.69) is 4.98 Å². The average Bonchev–Trinajstić information content (AvgIpc) is 2.14. The number of aldehydes is 1. The Morgan fingerprint density at radius 1 is 1.20 bits per heavy atom. The van der Waals surface area contributed by atoms with Crippen LogP contribution in [0.4, 0.5) is 12.9 Å². The first-order valence-electron chi connectivity index (χ1n) is 3.81. The standard InChI is InChI=1S/C8H6BF3NO.K/c10-9(11,12)2-1-7-3-8(6-14)5-13-4-7;/h1-6H;/q-1;+1/b2-1+;. The van der Waals surface area contributed by atoms with E-state index in [1.807, 2.05) is 0 Å². The molecule has 1 aromatic heterocycles. The zero-order valence-corrected chi connectivity index (χ0v) is 11.2. The van der Waals surface area contributed by atoms with Crippen LogP contribution >= 0.6 is 0 Å². The molecule has 0 saturated heterocycles. The molecule has 0 radical (unpaired) electrons. The van der Waals surface area contributed by atoms with Crippen LogP contribution in [0, 0.1) is 0 Å². The quantitative estimate of drug-likeness (QED) is 0.515. The minimum absolute atomic E-state index is 0. The molecule has 0 spiro atoms. The number of pyridine rings is 1. The zero-order valence-electron chi connectivity index (χ0n) is 8.03. The van der Waals surface area contributed by atoms with E-state index in [4.69, 9.17) is 0 Å². The zero-order chi connectivity index (χ0) is 10.6. The number of hydrogen-bond acceptors (Lipinski definition) is 2. The molecule has 1 heterocycles. The minimum atomic E-state index is -4.94. The Labute approximate surface area is 127 Å². The van der Waals surface area contributed by atoms with Crippen molar-refractivity contribution in [3.05, 3.63) is 35.6 Å². The van der Waals surface area contributed by atoms with E-state index in [9.17, 15) is 17.7 Å². The molecule has 0 amide bonds. The molecule has 0 N–H and O–H groups in total. The van der Waals surface area contributed by atoms with Gasteiger partial charge in [0.1, 0.15) is 0 Å². The maximum atomic E-state index is 11.8. The van der Waals surface area contributed by atoms with Gasteiger partial charge in [0.25, 0.3) is 0 Å². The maximum Gasteiger partial charge on any atom is 1.00 e. The second-order valence-corrected chi connectivity index (χ2v) is 2.65. The van der Waals surface area contributed by atoms with Gasteiger partial charge in [0, 0.05) is 18.0 Å². The fourth-order valence-electron chi connectivity index (χ4n) is 0.852. The predicted octanol–water partition coefficient (Wildman–Crippen LogP) is -0.702. The van der Waals surface area contributed by atoms with Gasteiger partial charge in [-0.15, -0.1) is 5.98 Å². The van der Waals surface area contributed by atoms with E-state index >= 15 is 0 Å². The maximum absolute atomic E-state index is 11.8. The SMILES string of the molecule is O=Cc1cncc(/C=C/[B-](F)(F)F)c1.[K+]. The summed E-state index contributed by atoms with van der Waals surface area (Å²) in [4.78, 5) is 13.9. The Bertz CT molecular complexity index is 367. The molecule has 0 aromatic carbocycles. The first kappa shape index (κ1) is 15.1. The van der Waals surface area contributed by atoms with Crippen LogP contribution < -0.4 is 51.4 Å². The molecule has 0 atom stereocenters. The molecule has 0 fully saturated rings. The summed E-state index contributed by atoms with van der Waals surface area (Å²) in [5, 5.41) is 0. The number of carbonyl (C=O) groups is 1. The molecule has 7 heteroatoms. The number of hydrogen-bond donors (Lipinski definition) is 0. The number of rotatable bonds is 3. The largest absolute Gasteiger partial charge is 1.00 e. The van der Waals surface area contributed by atoms with E-state index in [1.165, 1.54) is 18.5 Å². The van der Waals surface area contributed by atoms with Crippen molar-refractivity contribution >= 4 is 19.3 Å². The second-order valence-electron chi connectivity index (χ2n) is 2.65. The van der Waals surface area contributed by atoms with Crippen LogP contribution in [0.25, 0.3) is 6.08 Å². The average molecular weight is 239 g/mol. The van der Waals surface area contributed by atoms with Crippen LogP contribution in [0.2, 0.25) is 0 Å². The Hall–Kier alpha value is 0.0513.